The molecular weight excluding hydrogens is 282 g/mol. The maximum absolute atomic E-state index is 12.3. The van der Waals surface area contributed by atoms with E-state index < -0.39 is 0 Å². The molecule has 1 heterocycles. The van der Waals surface area contributed by atoms with Crippen molar-refractivity contribution in [3.05, 3.63) is 28.2 Å². The van der Waals surface area contributed by atoms with Gasteiger partial charge < -0.3 is 10.1 Å². The van der Waals surface area contributed by atoms with Gasteiger partial charge in [0.15, 0.2) is 5.78 Å². The zero-order chi connectivity index (χ0) is 12.3. The highest BCUT2D eigenvalue weighted by molar-refractivity contribution is 9.10. The molecule has 0 bridgehead atoms. The summed E-state index contributed by atoms with van der Waals surface area (Å²) in [6.07, 6.45) is 1.87. The van der Waals surface area contributed by atoms with E-state index in [2.05, 4.69) is 21.2 Å². The lowest BCUT2D eigenvalue weighted by Crippen LogP contribution is -2.31. The summed E-state index contributed by atoms with van der Waals surface area (Å²) in [6, 6.07) is 5.52. The minimum Gasteiger partial charge on any atom is -0.496 e. The average molecular weight is 298 g/mol. The molecule has 1 aliphatic rings. The van der Waals surface area contributed by atoms with Crippen molar-refractivity contribution in [3.63, 3.8) is 0 Å². The predicted octanol–water partition coefficient (Wildman–Crippen LogP) is 2.64. The largest absolute Gasteiger partial charge is 0.496 e. The van der Waals surface area contributed by atoms with Crippen LogP contribution >= 0.6 is 15.9 Å². The number of ketones is 1. The van der Waals surface area contributed by atoms with Gasteiger partial charge >= 0.3 is 0 Å². The van der Waals surface area contributed by atoms with Crippen LogP contribution in [0.3, 0.4) is 0 Å². The summed E-state index contributed by atoms with van der Waals surface area (Å²) in [5, 5.41) is 3.27. The topological polar surface area (TPSA) is 38.3 Å². The molecule has 4 heteroatoms. The van der Waals surface area contributed by atoms with Gasteiger partial charge in [0.25, 0.3) is 0 Å². The molecule has 0 atom stereocenters. The van der Waals surface area contributed by atoms with Gasteiger partial charge in [0.2, 0.25) is 0 Å². The van der Waals surface area contributed by atoms with Crippen LogP contribution in [0.25, 0.3) is 0 Å². The first-order valence-electron chi connectivity index (χ1n) is 5.81. The van der Waals surface area contributed by atoms with Crippen molar-refractivity contribution in [2.75, 3.05) is 20.2 Å². The molecule has 1 aromatic carbocycles. The van der Waals surface area contributed by atoms with Gasteiger partial charge in [-0.05, 0) is 60.1 Å². The van der Waals surface area contributed by atoms with Crippen LogP contribution in [0, 0.1) is 5.92 Å². The fraction of sp³-hybridized carbons (Fsp3) is 0.462. The standard InChI is InChI=1S/C13H16BrNO2/c1-17-12-3-2-10(8-11(12)14)13(16)9-4-6-15-7-5-9/h2-3,8-9,15H,4-7H2,1H3. The molecule has 0 saturated carbocycles. The highest BCUT2D eigenvalue weighted by Crippen LogP contribution is 2.27. The fourth-order valence-electron chi connectivity index (χ4n) is 2.14. The lowest BCUT2D eigenvalue weighted by molar-refractivity contribution is 0.0895. The third-order valence-corrected chi connectivity index (χ3v) is 3.77. The first-order valence-corrected chi connectivity index (χ1v) is 6.60. The molecule has 0 radical (unpaired) electrons. The Morgan fingerprint density at radius 3 is 2.71 bits per heavy atom. The lowest BCUT2D eigenvalue weighted by atomic mass is 9.90. The van der Waals surface area contributed by atoms with Gasteiger partial charge in [0.05, 0.1) is 11.6 Å². The molecule has 1 aliphatic heterocycles. The van der Waals surface area contributed by atoms with E-state index >= 15 is 0 Å². The third kappa shape index (κ3) is 2.87. The fourth-order valence-corrected chi connectivity index (χ4v) is 2.68. The monoisotopic (exact) mass is 297 g/mol. The summed E-state index contributed by atoms with van der Waals surface area (Å²) in [6.45, 7) is 1.88. The van der Waals surface area contributed by atoms with Crippen LogP contribution in [0.5, 0.6) is 5.75 Å². The van der Waals surface area contributed by atoms with Crippen molar-refractivity contribution < 1.29 is 9.53 Å². The van der Waals surface area contributed by atoms with Crippen LogP contribution in [-0.4, -0.2) is 26.0 Å². The second-order valence-electron chi connectivity index (χ2n) is 4.24. The minimum absolute atomic E-state index is 0.163. The van der Waals surface area contributed by atoms with Gasteiger partial charge in [0, 0.05) is 11.5 Å². The van der Waals surface area contributed by atoms with Crippen molar-refractivity contribution in [2.45, 2.75) is 12.8 Å². The van der Waals surface area contributed by atoms with Crippen LogP contribution in [0.1, 0.15) is 23.2 Å². The van der Waals surface area contributed by atoms with Crippen molar-refractivity contribution in [3.8, 4) is 5.75 Å². The summed E-state index contributed by atoms with van der Waals surface area (Å²) in [7, 11) is 1.62. The Balaban J connectivity index is 2.16. The van der Waals surface area contributed by atoms with Crippen LogP contribution < -0.4 is 10.1 Å². The highest BCUT2D eigenvalue weighted by Gasteiger charge is 2.22. The molecule has 1 saturated heterocycles. The zero-order valence-electron chi connectivity index (χ0n) is 9.83. The predicted molar refractivity (Wildman–Crippen MR) is 70.6 cm³/mol. The molecule has 0 aromatic heterocycles. The van der Waals surface area contributed by atoms with Gasteiger partial charge in [-0.3, -0.25) is 4.79 Å². The van der Waals surface area contributed by atoms with E-state index in [1.54, 1.807) is 7.11 Å². The zero-order valence-corrected chi connectivity index (χ0v) is 11.4. The summed E-state index contributed by atoms with van der Waals surface area (Å²) in [5.41, 5.74) is 0.768. The molecule has 1 fully saturated rings. The molecule has 1 N–H and O–H groups in total. The first kappa shape index (κ1) is 12.6. The number of hydrogen-bond donors (Lipinski definition) is 1. The smallest absolute Gasteiger partial charge is 0.166 e. The number of carbonyl (C=O) groups is 1. The molecule has 3 nitrogen and oxygen atoms in total. The van der Waals surface area contributed by atoms with Crippen molar-refractivity contribution >= 4 is 21.7 Å². The maximum atomic E-state index is 12.3. The van der Waals surface area contributed by atoms with Crippen molar-refractivity contribution in [2.24, 2.45) is 5.92 Å². The molecule has 0 aliphatic carbocycles. The van der Waals surface area contributed by atoms with E-state index in [-0.39, 0.29) is 11.7 Å². The quantitative estimate of drug-likeness (QED) is 0.872. The summed E-state index contributed by atoms with van der Waals surface area (Å²) in [4.78, 5) is 12.3. The first-order chi connectivity index (χ1) is 8.22. The number of benzene rings is 1. The Labute approximate surface area is 110 Å². The summed E-state index contributed by atoms with van der Waals surface area (Å²) in [5.74, 6) is 1.17. The molecule has 1 aromatic rings. The van der Waals surface area contributed by atoms with Crippen LogP contribution in [0.15, 0.2) is 22.7 Å². The van der Waals surface area contributed by atoms with Crippen molar-refractivity contribution in [1.29, 1.82) is 0 Å². The molecular formula is C13H16BrNO2. The van der Waals surface area contributed by atoms with Gasteiger partial charge in [0.1, 0.15) is 5.75 Å². The van der Waals surface area contributed by atoms with E-state index in [1.165, 1.54) is 0 Å². The molecule has 0 spiro atoms. The maximum Gasteiger partial charge on any atom is 0.166 e. The van der Waals surface area contributed by atoms with Gasteiger partial charge in [-0.1, -0.05) is 0 Å². The molecule has 17 heavy (non-hydrogen) atoms. The van der Waals surface area contributed by atoms with Crippen LogP contribution in [0.2, 0.25) is 0 Å². The summed E-state index contributed by atoms with van der Waals surface area (Å²) < 4.78 is 5.99. The average Bonchev–Trinajstić information content (AvgIpc) is 2.39. The van der Waals surface area contributed by atoms with Crippen molar-refractivity contribution in [1.82, 2.24) is 5.32 Å². The van der Waals surface area contributed by atoms with Crippen LogP contribution in [-0.2, 0) is 0 Å². The van der Waals surface area contributed by atoms with E-state index in [0.717, 1.165) is 41.7 Å². The van der Waals surface area contributed by atoms with Gasteiger partial charge in [-0.25, -0.2) is 0 Å². The van der Waals surface area contributed by atoms with Gasteiger partial charge in [-0.2, -0.15) is 0 Å². The minimum atomic E-state index is 0.163. The van der Waals surface area contributed by atoms with E-state index in [9.17, 15) is 4.79 Å². The lowest BCUT2D eigenvalue weighted by Gasteiger charge is -2.21. The molecule has 0 amide bonds. The number of piperidine rings is 1. The van der Waals surface area contributed by atoms with E-state index in [0.29, 0.717) is 0 Å². The second kappa shape index (κ2) is 5.65. The number of rotatable bonds is 3. The molecule has 2 rings (SSSR count). The molecule has 92 valence electrons. The number of carbonyl (C=O) groups excluding carboxylic acids is 1. The Hall–Kier alpha value is -0.870. The normalized spacial score (nSPS) is 16.8. The Morgan fingerprint density at radius 2 is 2.12 bits per heavy atom. The number of halogens is 1. The SMILES string of the molecule is COc1ccc(C(=O)C2CCNCC2)cc1Br. The molecule has 0 unspecified atom stereocenters. The Kier molecular flexibility index (Phi) is 4.18. The van der Waals surface area contributed by atoms with Crippen LogP contribution in [0.4, 0.5) is 0 Å². The number of nitrogens with one attached hydrogen (secondary N) is 1. The third-order valence-electron chi connectivity index (χ3n) is 3.15. The highest BCUT2D eigenvalue weighted by atomic mass is 79.9. The Bertz CT molecular complexity index is 414. The van der Waals surface area contributed by atoms with E-state index in [4.69, 9.17) is 4.74 Å². The van der Waals surface area contributed by atoms with Gasteiger partial charge in [-0.15, -0.1) is 0 Å². The Morgan fingerprint density at radius 1 is 1.41 bits per heavy atom. The number of Topliss-reactive ketones (excluding diaryl/α,β-unsaturated/α-hetero) is 1. The number of hydrogen-bond acceptors (Lipinski definition) is 3. The summed E-state index contributed by atoms with van der Waals surface area (Å²) >= 11 is 3.41. The number of methoxy groups -OCH3 is 1. The second-order valence-corrected chi connectivity index (χ2v) is 5.09. The number of ether oxygens (including phenoxy) is 1. The van der Waals surface area contributed by atoms with E-state index in [1.807, 2.05) is 18.2 Å².